The molecule has 138 valence electrons. The molecule has 1 aromatic carbocycles. The van der Waals surface area contributed by atoms with E-state index >= 15 is 0 Å². The molecule has 2 aromatic rings. The van der Waals surface area contributed by atoms with Crippen molar-refractivity contribution in [1.29, 1.82) is 0 Å². The number of aromatic nitrogens is 2. The summed E-state index contributed by atoms with van der Waals surface area (Å²) in [5.41, 5.74) is 9.61. The van der Waals surface area contributed by atoms with Crippen molar-refractivity contribution in [2.45, 2.75) is 46.7 Å². The van der Waals surface area contributed by atoms with Crippen LogP contribution in [0.25, 0.3) is 0 Å². The van der Waals surface area contributed by atoms with Crippen LogP contribution in [0.4, 0.5) is 0 Å². The quantitative estimate of drug-likeness (QED) is 0.792. The summed E-state index contributed by atoms with van der Waals surface area (Å²) in [6.45, 7) is 9.39. The molecule has 1 amide bonds. The lowest BCUT2D eigenvalue weighted by atomic mass is 10.0. The molecule has 0 spiro atoms. The number of nitrogens with two attached hydrogens (primary N) is 1. The molecule has 0 saturated carbocycles. The molecule has 5 nitrogen and oxygen atoms in total. The average Bonchev–Trinajstić information content (AvgIpc) is 2.84. The topological polar surface area (TPSA) is 72.9 Å². The van der Waals surface area contributed by atoms with Gasteiger partial charge < -0.3 is 11.1 Å². The summed E-state index contributed by atoms with van der Waals surface area (Å²) < 4.78 is 1.95. The van der Waals surface area contributed by atoms with Crippen LogP contribution in [0.2, 0.25) is 0 Å². The number of nitrogens with zero attached hydrogens (tertiary/aromatic N) is 2. The molecule has 1 heterocycles. The molecule has 6 heteroatoms. The Morgan fingerprint density at radius 3 is 2.56 bits per heavy atom. The first kappa shape index (κ1) is 21.2. The molecule has 1 unspecified atom stereocenters. The van der Waals surface area contributed by atoms with E-state index in [1.807, 2.05) is 48.9 Å². The van der Waals surface area contributed by atoms with Gasteiger partial charge in [-0.15, -0.1) is 12.4 Å². The van der Waals surface area contributed by atoms with Gasteiger partial charge in [-0.3, -0.25) is 9.48 Å². The maximum atomic E-state index is 12.5. The van der Waals surface area contributed by atoms with E-state index in [9.17, 15) is 4.79 Å². The van der Waals surface area contributed by atoms with Crippen LogP contribution in [0.5, 0.6) is 0 Å². The van der Waals surface area contributed by atoms with Crippen LogP contribution in [0, 0.1) is 19.8 Å². The number of nitrogens with one attached hydrogen (secondary N) is 1. The fourth-order valence-electron chi connectivity index (χ4n) is 2.87. The summed E-state index contributed by atoms with van der Waals surface area (Å²) in [4.78, 5) is 12.5. The lowest BCUT2D eigenvalue weighted by Gasteiger charge is -2.19. The van der Waals surface area contributed by atoms with Crippen LogP contribution in [0.3, 0.4) is 0 Å². The molecule has 0 radical (unpaired) electrons. The fourth-order valence-corrected chi connectivity index (χ4v) is 2.87. The maximum absolute atomic E-state index is 12.5. The van der Waals surface area contributed by atoms with Gasteiger partial charge >= 0.3 is 0 Å². The van der Waals surface area contributed by atoms with E-state index < -0.39 is 0 Å². The number of carbonyl (C=O) groups is 1. The van der Waals surface area contributed by atoms with Gasteiger partial charge in [-0.1, -0.05) is 26.0 Å². The SMILES string of the molecule is Cc1cc(C)n(Cc2cccc(C(=O)NC(CN)CC(C)C)c2)n1.Cl. The summed E-state index contributed by atoms with van der Waals surface area (Å²) in [7, 11) is 0. The number of aryl methyl sites for hydroxylation is 2. The van der Waals surface area contributed by atoms with Gasteiger partial charge in [-0.2, -0.15) is 5.10 Å². The Labute approximate surface area is 156 Å². The van der Waals surface area contributed by atoms with Gasteiger partial charge in [0.1, 0.15) is 0 Å². The first-order valence-corrected chi connectivity index (χ1v) is 8.50. The lowest BCUT2D eigenvalue weighted by Crippen LogP contribution is -2.41. The average molecular weight is 365 g/mol. The molecular formula is C19H29ClN4O. The van der Waals surface area contributed by atoms with Crippen LogP contribution >= 0.6 is 12.4 Å². The first-order valence-electron chi connectivity index (χ1n) is 8.50. The third kappa shape index (κ3) is 6.18. The first-order chi connectivity index (χ1) is 11.4. The zero-order chi connectivity index (χ0) is 17.7. The molecule has 25 heavy (non-hydrogen) atoms. The Balaban J connectivity index is 0.00000312. The van der Waals surface area contributed by atoms with Crippen LogP contribution in [0.15, 0.2) is 30.3 Å². The molecule has 0 aliphatic heterocycles. The fraction of sp³-hybridized carbons (Fsp3) is 0.474. The maximum Gasteiger partial charge on any atom is 0.251 e. The highest BCUT2D eigenvalue weighted by Gasteiger charge is 2.14. The third-order valence-electron chi connectivity index (χ3n) is 4.00. The molecular weight excluding hydrogens is 336 g/mol. The monoisotopic (exact) mass is 364 g/mol. The number of amides is 1. The molecule has 0 aliphatic rings. The van der Waals surface area contributed by atoms with E-state index in [1.54, 1.807) is 0 Å². The largest absolute Gasteiger partial charge is 0.348 e. The zero-order valence-electron chi connectivity index (χ0n) is 15.5. The van der Waals surface area contributed by atoms with Crippen LogP contribution in [-0.2, 0) is 6.54 Å². The van der Waals surface area contributed by atoms with Gasteiger partial charge in [0.15, 0.2) is 0 Å². The van der Waals surface area contributed by atoms with Crippen molar-refractivity contribution in [1.82, 2.24) is 15.1 Å². The van der Waals surface area contributed by atoms with E-state index in [2.05, 4.69) is 24.3 Å². The van der Waals surface area contributed by atoms with Gasteiger partial charge in [0.05, 0.1) is 12.2 Å². The summed E-state index contributed by atoms with van der Waals surface area (Å²) in [5, 5.41) is 7.51. The minimum atomic E-state index is -0.0682. The van der Waals surface area contributed by atoms with E-state index in [1.165, 1.54) is 0 Å². The number of benzene rings is 1. The Morgan fingerprint density at radius 2 is 2.00 bits per heavy atom. The van der Waals surface area contributed by atoms with Gasteiger partial charge in [0, 0.05) is 23.8 Å². The highest BCUT2D eigenvalue weighted by atomic mass is 35.5. The van der Waals surface area contributed by atoms with Crippen LogP contribution < -0.4 is 11.1 Å². The molecule has 0 bridgehead atoms. The number of hydrogen-bond donors (Lipinski definition) is 2. The van der Waals surface area contributed by atoms with Gasteiger partial charge in [0.2, 0.25) is 0 Å². The van der Waals surface area contributed by atoms with E-state index in [0.29, 0.717) is 24.6 Å². The predicted octanol–water partition coefficient (Wildman–Crippen LogP) is 3.07. The zero-order valence-corrected chi connectivity index (χ0v) is 16.3. The number of hydrogen-bond acceptors (Lipinski definition) is 3. The number of rotatable bonds is 7. The summed E-state index contributed by atoms with van der Waals surface area (Å²) >= 11 is 0. The van der Waals surface area contributed by atoms with Crippen molar-refractivity contribution in [2.75, 3.05) is 6.54 Å². The second kappa shape index (κ2) is 9.59. The smallest absolute Gasteiger partial charge is 0.251 e. The molecule has 0 fully saturated rings. The second-order valence-electron chi connectivity index (χ2n) is 6.82. The molecule has 3 N–H and O–H groups in total. The number of carbonyl (C=O) groups excluding carboxylic acids is 1. The van der Waals surface area contributed by atoms with Crippen molar-refractivity contribution in [3.05, 3.63) is 52.8 Å². The van der Waals surface area contributed by atoms with E-state index in [4.69, 9.17) is 5.73 Å². The molecule has 0 aliphatic carbocycles. The van der Waals surface area contributed by atoms with E-state index in [0.717, 1.165) is 23.4 Å². The van der Waals surface area contributed by atoms with Gasteiger partial charge in [0.25, 0.3) is 5.91 Å². The lowest BCUT2D eigenvalue weighted by molar-refractivity contribution is 0.0933. The Morgan fingerprint density at radius 1 is 1.28 bits per heavy atom. The minimum Gasteiger partial charge on any atom is -0.348 e. The Kier molecular flexibility index (Phi) is 8.13. The van der Waals surface area contributed by atoms with E-state index in [-0.39, 0.29) is 24.4 Å². The Bertz CT molecular complexity index is 696. The molecule has 0 saturated heterocycles. The normalized spacial score (nSPS) is 11.9. The van der Waals surface area contributed by atoms with Crippen molar-refractivity contribution in [3.63, 3.8) is 0 Å². The second-order valence-corrected chi connectivity index (χ2v) is 6.82. The van der Waals surface area contributed by atoms with Crippen molar-refractivity contribution in [3.8, 4) is 0 Å². The molecule has 1 atom stereocenters. The Hall–Kier alpha value is -1.85. The molecule has 1 aromatic heterocycles. The van der Waals surface area contributed by atoms with Crippen molar-refractivity contribution < 1.29 is 4.79 Å². The predicted molar refractivity (Wildman–Crippen MR) is 104 cm³/mol. The van der Waals surface area contributed by atoms with Gasteiger partial charge in [-0.05, 0) is 49.9 Å². The number of halogens is 1. The van der Waals surface area contributed by atoms with Gasteiger partial charge in [-0.25, -0.2) is 0 Å². The van der Waals surface area contributed by atoms with Crippen molar-refractivity contribution >= 4 is 18.3 Å². The van der Waals surface area contributed by atoms with Crippen molar-refractivity contribution in [2.24, 2.45) is 11.7 Å². The van der Waals surface area contributed by atoms with Crippen LogP contribution in [-0.4, -0.2) is 28.3 Å². The summed E-state index contributed by atoms with van der Waals surface area (Å²) in [6, 6.07) is 9.75. The highest BCUT2D eigenvalue weighted by Crippen LogP contribution is 2.11. The third-order valence-corrected chi connectivity index (χ3v) is 4.00. The van der Waals surface area contributed by atoms with Crippen LogP contribution in [0.1, 0.15) is 47.6 Å². The molecule has 2 rings (SSSR count). The summed E-state index contributed by atoms with van der Waals surface area (Å²) in [5.74, 6) is 0.428. The highest BCUT2D eigenvalue weighted by molar-refractivity contribution is 5.94. The minimum absolute atomic E-state index is 0. The summed E-state index contributed by atoms with van der Waals surface area (Å²) in [6.07, 6.45) is 0.883. The standard InChI is InChI=1S/C19H28N4O.ClH/c1-13(2)8-18(11-20)21-19(24)17-7-5-6-16(10-17)12-23-15(4)9-14(3)22-23;/h5-7,9-10,13,18H,8,11-12,20H2,1-4H3,(H,21,24);1H.